The average Bonchev–Trinajstić information content (AvgIpc) is 2.39. The van der Waals surface area contributed by atoms with Crippen molar-refractivity contribution in [3.8, 4) is 5.75 Å². The third kappa shape index (κ3) is 3.33. The molecule has 4 heteroatoms. The van der Waals surface area contributed by atoms with E-state index in [1.807, 2.05) is 0 Å². The summed E-state index contributed by atoms with van der Waals surface area (Å²) in [5, 5.41) is 3.57. The first-order valence-corrected chi connectivity index (χ1v) is 7.55. The normalized spacial score (nSPS) is 23.7. The van der Waals surface area contributed by atoms with Gasteiger partial charge in [-0.15, -0.1) is 11.8 Å². The fraction of sp³-hybridized carbons (Fsp3) is 0.571. The van der Waals surface area contributed by atoms with Gasteiger partial charge in [-0.3, -0.25) is 0 Å². The second-order valence-corrected chi connectivity index (χ2v) is 5.49. The molecule has 18 heavy (non-hydrogen) atoms. The minimum atomic E-state index is 0.340. The topological polar surface area (TPSA) is 30.5 Å². The lowest BCUT2D eigenvalue weighted by Crippen LogP contribution is -2.32. The molecule has 0 saturated carbocycles. The van der Waals surface area contributed by atoms with E-state index in [1.54, 1.807) is 18.9 Å². The lowest BCUT2D eigenvalue weighted by molar-refractivity contribution is 0.0232. The second kappa shape index (κ2) is 6.34. The third-order valence-electron chi connectivity index (χ3n) is 3.25. The van der Waals surface area contributed by atoms with Crippen molar-refractivity contribution in [1.29, 1.82) is 0 Å². The highest BCUT2D eigenvalue weighted by atomic mass is 32.2. The van der Waals surface area contributed by atoms with Crippen molar-refractivity contribution in [1.82, 2.24) is 0 Å². The van der Waals surface area contributed by atoms with Crippen LogP contribution >= 0.6 is 11.8 Å². The van der Waals surface area contributed by atoms with Crippen molar-refractivity contribution in [2.75, 3.05) is 25.3 Å². The van der Waals surface area contributed by atoms with E-state index in [9.17, 15) is 0 Å². The number of rotatable bonds is 4. The SMILES string of the molecule is COc1cc(SC)ccc1N[C@H]1CCO[C@@H](C)C1. The van der Waals surface area contributed by atoms with Gasteiger partial charge in [0.1, 0.15) is 5.75 Å². The van der Waals surface area contributed by atoms with Crippen LogP contribution in [0.2, 0.25) is 0 Å². The van der Waals surface area contributed by atoms with E-state index in [0.29, 0.717) is 12.1 Å². The molecule has 1 saturated heterocycles. The van der Waals surface area contributed by atoms with Gasteiger partial charge in [0.25, 0.3) is 0 Å². The molecule has 2 rings (SSSR count). The molecule has 1 aliphatic rings. The fourth-order valence-electron chi connectivity index (χ4n) is 2.27. The van der Waals surface area contributed by atoms with Crippen LogP contribution < -0.4 is 10.1 Å². The average molecular weight is 267 g/mol. The van der Waals surface area contributed by atoms with E-state index in [0.717, 1.165) is 30.9 Å². The van der Waals surface area contributed by atoms with Crippen LogP contribution in [0, 0.1) is 0 Å². The molecule has 1 N–H and O–H groups in total. The van der Waals surface area contributed by atoms with E-state index < -0.39 is 0 Å². The van der Waals surface area contributed by atoms with Gasteiger partial charge in [-0.1, -0.05) is 0 Å². The number of anilines is 1. The van der Waals surface area contributed by atoms with Crippen molar-refractivity contribution >= 4 is 17.4 Å². The van der Waals surface area contributed by atoms with Crippen molar-refractivity contribution in [3.05, 3.63) is 18.2 Å². The summed E-state index contributed by atoms with van der Waals surface area (Å²) in [6.45, 7) is 2.96. The van der Waals surface area contributed by atoms with Crippen LogP contribution in [-0.4, -0.2) is 32.1 Å². The van der Waals surface area contributed by atoms with E-state index in [-0.39, 0.29) is 0 Å². The maximum atomic E-state index is 5.56. The number of ether oxygens (including phenoxy) is 2. The van der Waals surface area contributed by atoms with Crippen LogP contribution in [0.5, 0.6) is 5.75 Å². The smallest absolute Gasteiger partial charge is 0.143 e. The number of hydrogen-bond donors (Lipinski definition) is 1. The number of methoxy groups -OCH3 is 1. The minimum Gasteiger partial charge on any atom is -0.495 e. The summed E-state index contributed by atoms with van der Waals surface area (Å²) in [6.07, 6.45) is 4.51. The zero-order valence-corrected chi connectivity index (χ0v) is 12.0. The molecule has 0 radical (unpaired) electrons. The molecule has 0 bridgehead atoms. The summed E-state index contributed by atoms with van der Waals surface area (Å²) in [4.78, 5) is 1.22. The minimum absolute atomic E-state index is 0.340. The molecule has 0 unspecified atom stereocenters. The lowest BCUT2D eigenvalue weighted by atomic mass is 10.0. The van der Waals surface area contributed by atoms with E-state index in [1.165, 1.54) is 4.90 Å². The monoisotopic (exact) mass is 267 g/mol. The van der Waals surface area contributed by atoms with Crippen LogP contribution in [0.1, 0.15) is 19.8 Å². The Labute approximate surface area is 113 Å². The standard InChI is InChI=1S/C14H21NO2S/c1-10-8-11(6-7-17-10)15-13-5-4-12(18-3)9-14(13)16-2/h4-5,9-11,15H,6-8H2,1-3H3/t10-,11-/m0/s1. The Morgan fingerprint density at radius 3 is 2.94 bits per heavy atom. The predicted octanol–water partition coefficient (Wildman–Crippen LogP) is 3.40. The number of nitrogens with one attached hydrogen (secondary N) is 1. The Morgan fingerprint density at radius 1 is 1.44 bits per heavy atom. The highest BCUT2D eigenvalue weighted by Crippen LogP contribution is 2.31. The Hall–Kier alpha value is -0.870. The summed E-state index contributed by atoms with van der Waals surface area (Å²) in [6, 6.07) is 6.78. The molecule has 1 aliphatic heterocycles. The Morgan fingerprint density at radius 2 is 2.28 bits per heavy atom. The molecule has 1 fully saturated rings. The first-order valence-electron chi connectivity index (χ1n) is 6.33. The molecule has 3 nitrogen and oxygen atoms in total. The van der Waals surface area contributed by atoms with Gasteiger partial charge in [0.2, 0.25) is 0 Å². The summed E-state index contributed by atoms with van der Waals surface area (Å²) >= 11 is 1.73. The third-order valence-corrected chi connectivity index (χ3v) is 3.98. The molecular formula is C14H21NO2S. The Balaban J connectivity index is 2.08. The number of benzene rings is 1. The quantitative estimate of drug-likeness (QED) is 0.847. The maximum absolute atomic E-state index is 5.56. The van der Waals surface area contributed by atoms with Crippen molar-refractivity contribution in [3.63, 3.8) is 0 Å². The second-order valence-electron chi connectivity index (χ2n) is 4.61. The molecule has 100 valence electrons. The molecule has 0 aromatic heterocycles. The van der Waals surface area contributed by atoms with Gasteiger partial charge in [0.15, 0.2) is 0 Å². The largest absolute Gasteiger partial charge is 0.495 e. The van der Waals surface area contributed by atoms with Crippen molar-refractivity contribution in [2.24, 2.45) is 0 Å². The van der Waals surface area contributed by atoms with Crippen molar-refractivity contribution in [2.45, 2.75) is 36.8 Å². The van der Waals surface area contributed by atoms with Crippen LogP contribution in [-0.2, 0) is 4.74 Å². The molecule has 0 amide bonds. The number of thioether (sulfide) groups is 1. The molecule has 1 aromatic carbocycles. The van der Waals surface area contributed by atoms with E-state index >= 15 is 0 Å². The summed E-state index contributed by atoms with van der Waals surface area (Å²) < 4.78 is 11.0. The van der Waals surface area contributed by atoms with Crippen LogP contribution in [0.3, 0.4) is 0 Å². The summed E-state index contributed by atoms with van der Waals surface area (Å²) in [7, 11) is 1.72. The Kier molecular flexibility index (Phi) is 4.78. The first kappa shape index (κ1) is 13.6. The molecule has 1 aromatic rings. The molecule has 2 atom stereocenters. The first-order chi connectivity index (χ1) is 8.72. The van der Waals surface area contributed by atoms with E-state index in [4.69, 9.17) is 9.47 Å². The van der Waals surface area contributed by atoms with Gasteiger partial charge in [-0.2, -0.15) is 0 Å². The fourth-order valence-corrected chi connectivity index (χ4v) is 2.70. The maximum Gasteiger partial charge on any atom is 0.143 e. The van der Waals surface area contributed by atoms with Gasteiger partial charge in [-0.25, -0.2) is 0 Å². The van der Waals surface area contributed by atoms with Gasteiger partial charge in [0, 0.05) is 17.5 Å². The van der Waals surface area contributed by atoms with Gasteiger partial charge in [0.05, 0.1) is 18.9 Å². The van der Waals surface area contributed by atoms with Gasteiger partial charge >= 0.3 is 0 Å². The predicted molar refractivity (Wildman–Crippen MR) is 76.8 cm³/mol. The summed E-state index contributed by atoms with van der Waals surface area (Å²) in [5.74, 6) is 0.918. The Bertz CT molecular complexity index is 397. The van der Waals surface area contributed by atoms with Crippen LogP contribution in [0.15, 0.2) is 23.1 Å². The summed E-state index contributed by atoms with van der Waals surface area (Å²) in [5.41, 5.74) is 1.08. The molecule has 1 heterocycles. The highest BCUT2D eigenvalue weighted by molar-refractivity contribution is 7.98. The van der Waals surface area contributed by atoms with Crippen molar-refractivity contribution < 1.29 is 9.47 Å². The van der Waals surface area contributed by atoms with E-state index in [2.05, 4.69) is 36.7 Å². The van der Waals surface area contributed by atoms with Gasteiger partial charge in [-0.05, 0) is 44.2 Å². The lowest BCUT2D eigenvalue weighted by Gasteiger charge is -2.29. The molecule has 0 spiro atoms. The zero-order chi connectivity index (χ0) is 13.0. The zero-order valence-electron chi connectivity index (χ0n) is 11.2. The van der Waals surface area contributed by atoms with Crippen LogP contribution in [0.4, 0.5) is 5.69 Å². The van der Waals surface area contributed by atoms with Gasteiger partial charge < -0.3 is 14.8 Å². The van der Waals surface area contributed by atoms with Crippen LogP contribution in [0.25, 0.3) is 0 Å². The molecular weight excluding hydrogens is 246 g/mol. The highest BCUT2D eigenvalue weighted by Gasteiger charge is 2.20. The number of hydrogen-bond acceptors (Lipinski definition) is 4. The molecule has 0 aliphatic carbocycles.